The number of hydrogen-bond acceptors (Lipinski definition) is 3. The van der Waals surface area contributed by atoms with Crippen molar-refractivity contribution < 1.29 is 9.18 Å². The number of anilines is 1. The van der Waals surface area contributed by atoms with Gasteiger partial charge in [0.2, 0.25) is 5.91 Å². The molecule has 1 aromatic carbocycles. The van der Waals surface area contributed by atoms with Gasteiger partial charge in [0.05, 0.1) is 0 Å². The van der Waals surface area contributed by atoms with Gasteiger partial charge in [-0.3, -0.25) is 4.79 Å². The highest BCUT2D eigenvalue weighted by atomic mass is 19.1. The predicted molar refractivity (Wildman–Crippen MR) is 68.7 cm³/mol. The lowest BCUT2D eigenvalue weighted by atomic mass is 9.97. The van der Waals surface area contributed by atoms with E-state index in [1.165, 1.54) is 6.07 Å². The van der Waals surface area contributed by atoms with Crippen LogP contribution >= 0.6 is 0 Å². The van der Waals surface area contributed by atoms with E-state index in [-0.39, 0.29) is 18.3 Å². The van der Waals surface area contributed by atoms with E-state index < -0.39 is 5.54 Å². The van der Waals surface area contributed by atoms with E-state index >= 15 is 0 Å². The van der Waals surface area contributed by atoms with Crippen molar-refractivity contribution in [3.05, 3.63) is 29.6 Å². The van der Waals surface area contributed by atoms with Crippen molar-refractivity contribution in [3.8, 4) is 0 Å². The van der Waals surface area contributed by atoms with Crippen LogP contribution in [0.2, 0.25) is 0 Å². The summed E-state index contributed by atoms with van der Waals surface area (Å²) in [5, 5.41) is 2.81. The van der Waals surface area contributed by atoms with E-state index in [4.69, 9.17) is 5.73 Å². The number of nitrogens with zero attached hydrogens (tertiary/aromatic N) is 1. The van der Waals surface area contributed by atoms with Crippen molar-refractivity contribution >= 4 is 11.6 Å². The van der Waals surface area contributed by atoms with Crippen LogP contribution in [-0.4, -0.2) is 24.5 Å². The molecule has 0 aliphatic carbocycles. The molecule has 0 spiro atoms. The van der Waals surface area contributed by atoms with Gasteiger partial charge in [0.15, 0.2) is 0 Å². The normalized spacial score (nSPS) is 18.7. The van der Waals surface area contributed by atoms with Gasteiger partial charge in [-0.1, -0.05) is 6.07 Å². The Bertz CT molecular complexity index is 473. The average Bonchev–Trinajstić information content (AvgIpc) is 2.32. The molecule has 0 saturated carbocycles. The van der Waals surface area contributed by atoms with Gasteiger partial charge in [-0.25, -0.2) is 4.39 Å². The smallest absolute Gasteiger partial charge is 0.245 e. The second kappa shape index (κ2) is 4.57. The summed E-state index contributed by atoms with van der Waals surface area (Å²) in [5.41, 5.74) is 5.96. The van der Waals surface area contributed by atoms with Crippen molar-refractivity contribution in [1.29, 1.82) is 0 Å². The molecule has 1 aliphatic heterocycles. The molecule has 1 fully saturated rings. The summed E-state index contributed by atoms with van der Waals surface area (Å²) in [4.78, 5) is 13.8. The first-order valence-electron chi connectivity index (χ1n) is 6.01. The number of nitrogens with two attached hydrogens (primary N) is 1. The molecular weight excluding hydrogens is 233 g/mol. The second-order valence-electron chi connectivity index (χ2n) is 4.95. The maximum Gasteiger partial charge on any atom is 0.245 e. The van der Waals surface area contributed by atoms with Crippen molar-refractivity contribution in [3.63, 3.8) is 0 Å². The zero-order chi connectivity index (χ0) is 13.3. The molecule has 1 aromatic rings. The van der Waals surface area contributed by atoms with Gasteiger partial charge in [0.1, 0.15) is 11.4 Å². The van der Waals surface area contributed by atoms with E-state index in [2.05, 4.69) is 5.32 Å². The summed E-state index contributed by atoms with van der Waals surface area (Å²) in [6.45, 7) is 5.07. The Morgan fingerprint density at radius 2 is 2.22 bits per heavy atom. The maximum atomic E-state index is 13.7. The minimum atomic E-state index is -0.672. The Labute approximate surface area is 106 Å². The number of benzene rings is 1. The average molecular weight is 251 g/mol. The molecule has 1 aliphatic rings. The van der Waals surface area contributed by atoms with Crippen molar-refractivity contribution in [1.82, 2.24) is 5.32 Å². The number of hydrogen-bond donors (Lipinski definition) is 2. The third-order valence-electron chi connectivity index (χ3n) is 3.42. The van der Waals surface area contributed by atoms with Crippen molar-refractivity contribution in [2.45, 2.75) is 25.9 Å². The highest BCUT2D eigenvalue weighted by Crippen LogP contribution is 2.27. The van der Waals surface area contributed by atoms with E-state index in [1.54, 1.807) is 6.07 Å². The third kappa shape index (κ3) is 2.06. The summed E-state index contributed by atoms with van der Waals surface area (Å²) in [5.74, 6) is -0.367. The van der Waals surface area contributed by atoms with Crippen LogP contribution in [0.25, 0.3) is 0 Å². The topological polar surface area (TPSA) is 58.4 Å². The van der Waals surface area contributed by atoms with Gasteiger partial charge >= 0.3 is 0 Å². The minimum absolute atomic E-state index is 0.0444. The fraction of sp³-hybridized carbons (Fsp3) is 0.462. The molecule has 0 unspecified atom stereocenters. The molecule has 1 saturated heterocycles. The molecule has 98 valence electrons. The Morgan fingerprint density at radius 1 is 1.50 bits per heavy atom. The van der Waals surface area contributed by atoms with Gasteiger partial charge < -0.3 is 16.0 Å². The number of piperazine rings is 1. The van der Waals surface area contributed by atoms with Crippen LogP contribution in [0.5, 0.6) is 0 Å². The first-order chi connectivity index (χ1) is 8.46. The van der Waals surface area contributed by atoms with E-state index in [1.807, 2.05) is 24.8 Å². The fourth-order valence-electron chi connectivity index (χ4n) is 2.22. The molecule has 4 nitrogen and oxygen atoms in total. The zero-order valence-corrected chi connectivity index (χ0v) is 10.7. The number of carbonyl (C=O) groups excluding carboxylic acids is 1. The molecule has 1 amide bonds. The highest BCUT2D eigenvalue weighted by Gasteiger charge is 2.37. The molecule has 0 radical (unpaired) electrons. The molecule has 0 aromatic heterocycles. The summed E-state index contributed by atoms with van der Waals surface area (Å²) < 4.78 is 13.7. The van der Waals surface area contributed by atoms with Crippen LogP contribution in [0.3, 0.4) is 0 Å². The van der Waals surface area contributed by atoms with Crippen LogP contribution in [0, 0.1) is 5.82 Å². The number of amides is 1. The molecule has 5 heteroatoms. The molecule has 3 N–H and O–H groups in total. The van der Waals surface area contributed by atoms with Crippen LogP contribution < -0.4 is 16.0 Å². The first-order valence-corrected chi connectivity index (χ1v) is 6.01. The number of halogens is 1. The summed E-state index contributed by atoms with van der Waals surface area (Å²) in [7, 11) is 0. The zero-order valence-electron chi connectivity index (χ0n) is 10.7. The van der Waals surface area contributed by atoms with Crippen LogP contribution in [-0.2, 0) is 11.3 Å². The number of rotatable bonds is 2. The SMILES string of the molecule is CC1(C)C(=O)NCCN1c1ccc(CN)c(F)c1. The second-order valence-corrected chi connectivity index (χ2v) is 4.95. The fourth-order valence-corrected chi connectivity index (χ4v) is 2.22. The minimum Gasteiger partial charge on any atom is -0.356 e. The number of nitrogens with one attached hydrogen (secondary N) is 1. The monoisotopic (exact) mass is 251 g/mol. The molecule has 2 rings (SSSR count). The summed E-state index contributed by atoms with van der Waals surface area (Å²) in [6.07, 6.45) is 0. The summed E-state index contributed by atoms with van der Waals surface area (Å²) in [6, 6.07) is 4.93. The molecule has 0 bridgehead atoms. The molecule has 0 atom stereocenters. The third-order valence-corrected chi connectivity index (χ3v) is 3.42. The highest BCUT2D eigenvalue weighted by molar-refractivity contribution is 5.90. The Hall–Kier alpha value is -1.62. The van der Waals surface area contributed by atoms with Crippen LogP contribution in [0.1, 0.15) is 19.4 Å². The Balaban J connectivity index is 2.36. The van der Waals surface area contributed by atoms with Gasteiger partial charge in [-0.05, 0) is 26.0 Å². The molecule has 1 heterocycles. The van der Waals surface area contributed by atoms with E-state index in [9.17, 15) is 9.18 Å². The first kappa shape index (κ1) is 12.8. The van der Waals surface area contributed by atoms with Crippen molar-refractivity contribution in [2.75, 3.05) is 18.0 Å². The van der Waals surface area contributed by atoms with Crippen LogP contribution in [0.15, 0.2) is 18.2 Å². The maximum absolute atomic E-state index is 13.7. The molecule has 18 heavy (non-hydrogen) atoms. The lowest BCUT2D eigenvalue weighted by Gasteiger charge is -2.42. The number of carbonyl (C=O) groups is 1. The van der Waals surface area contributed by atoms with E-state index in [0.29, 0.717) is 24.3 Å². The lowest BCUT2D eigenvalue weighted by Crippen LogP contribution is -2.62. The Kier molecular flexibility index (Phi) is 3.26. The van der Waals surface area contributed by atoms with E-state index in [0.717, 1.165) is 0 Å². The van der Waals surface area contributed by atoms with Gasteiger partial charge in [-0.2, -0.15) is 0 Å². The van der Waals surface area contributed by atoms with Gasteiger partial charge in [-0.15, -0.1) is 0 Å². The summed E-state index contributed by atoms with van der Waals surface area (Å²) >= 11 is 0. The molecular formula is C13H18FN3O. The Morgan fingerprint density at radius 3 is 2.83 bits per heavy atom. The van der Waals surface area contributed by atoms with Gasteiger partial charge in [0.25, 0.3) is 0 Å². The predicted octanol–water partition coefficient (Wildman–Crippen LogP) is 0.999. The van der Waals surface area contributed by atoms with Gasteiger partial charge in [0, 0.05) is 30.9 Å². The van der Waals surface area contributed by atoms with Crippen LogP contribution in [0.4, 0.5) is 10.1 Å². The lowest BCUT2D eigenvalue weighted by molar-refractivity contribution is -0.126. The quantitative estimate of drug-likeness (QED) is 0.824. The largest absolute Gasteiger partial charge is 0.356 e. The van der Waals surface area contributed by atoms with Crippen molar-refractivity contribution in [2.24, 2.45) is 5.73 Å². The standard InChI is InChI=1S/C13H18FN3O/c1-13(2)12(18)16-5-6-17(13)10-4-3-9(8-15)11(14)7-10/h3-4,7H,5-6,8,15H2,1-2H3,(H,16,18).